The molecular weight excluding hydrogens is 404 g/mol. The van der Waals surface area contributed by atoms with Crippen molar-refractivity contribution in [3.05, 3.63) is 76.6 Å². The molecule has 5 nitrogen and oxygen atoms in total. The van der Waals surface area contributed by atoms with E-state index in [-0.39, 0.29) is 5.91 Å². The van der Waals surface area contributed by atoms with Crippen LogP contribution in [0.3, 0.4) is 0 Å². The van der Waals surface area contributed by atoms with Gasteiger partial charge in [-0.2, -0.15) is 4.37 Å². The van der Waals surface area contributed by atoms with Crippen molar-refractivity contribution in [2.24, 2.45) is 5.92 Å². The fraction of sp³-hybridized carbons (Fsp3) is 0.318. The van der Waals surface area contributed by atoms with Crippen molar-refractivity contribution >= 4 is 34.2 Å². The molecule has 2 heterocycles. The summed E-state index contributed by atoms with van der Waals surface area (Å²) >= 11 is 7.41. The van der Waals surface area contributed by atoms with E-state index >= 15 is 0 Å². The van der Waals surface area contributed by atoms with Gasteiger partial charge >= 0.3 is 0 Å². The second-order valence-corrected chi connectivity index (χ2v) is 8.47. The zero-order valence-corrected chi connectivity index (χ0v) is 17.6. The predicted molar refractivity (Wildman–Crippen MR) is 118 cm³/mol. The maximum Gasteiger partial charge on any atom is 0.251 e. The second-order valence-electron chi connectivity index (χ2n) is 7.30. The molecular formula is C22H23ClN4OS. The Hall–Kier alpha value is -2.44. The third-order valence-corrected chi connectivity index (χ3v) is 6.27. The van der Waals surface area contributed by atoms with Gasteiger partial charge in [-0.25, -0.2) is 4.98 Å². The van der Waals surface area contributed by atoms with Crippen molar-refractivity contribution in [3.63, 3.8) is 0 Å². The molecule has 0 unspecified atom stereocenters. The topological polar surface area (TPSA) is 58.1 Å². The van der Waals surface area contributed by atoms with Gasteiger partial charge in [0, 0.05) is 48.2 Å². The molecule has 0 radical (unpaired) electrons. The molecule has 1 aliphatic rings. The Labute approximate surface area is 179 Å². The summed E-state index contributed by atoms with van der Waals surface area (Å²) < 4.78 is 4.52. The van der Waals surface area contributed by atoms with E-state index in [1.165, 1.54) is 11.5 Å². The van der Waals surface area contributed by atoms with Crippen LogP contribution < -0.4 is 10.2 Å². The first-order valence-electron chi connectivity index (χ1n) is 9.82. The standard InChI is InChI=1S/C22H23ClN4OS/c23-19-8-6-16(7-9-19)14-20-25-22(29-26-20)27-12-10-17(11-13-27)15-24-21(28)18-4-2-1-3-5-18/h1-9,17H,10-15H2,(H,24,28). The highest BCUT2D eigenvalue weighted by Crippen LogP contribution is 2.25. The predicted octanol–water partition coefficient (Wildman–Crippen LogP) is 4.43. The summed E-state index contributed by atoms with van der Waals surface area (Å²) in [4.78, 5) is 19.2. The van der Waals surface area contributed by atoms with Crippen molar-refractivity contribution in [1.82, 2.24) is 14.7 Å². The molecule has 1 aliphatic heterocycles. The molecule has 1 saturated heterocycles. The van der Waals surface area contributed by atoms with E-state index < -0.39 is 0 Å². The van der Waals surface area contributed by atoms with Gasteiger partial charge in [0.25, 0.3) is 5.91 Å². The van der Waals surface area contributed by atoms with Crippen LogP contribution in [-0.4, -0.2) is 34.9 Å². The van der Waals surface area contributed by atoms with Crippen LogP contribution in [-0.2, 0) is 6.42 Å². The SMILES string of the molecule is O=C(NCC1CCN(c2nc(Cc3ccc(Cl)cc3)ns2)CC1)c1ccccc1. The average Bonchev–Trinajstić information content (AvgIpc) is 3.23. The summed E-state index contributed by atoms with van der Waals surface area (Å²) in [5.41, 5.74) is 1.87. The van der Waals surface area contributed by atoms with Crippen LogP contribution in [0.25, 0.3) is 0 Å². The number of rotatable bonds is 6. The number of hydrogen-bond donors (Lipinski definition) is 1. The van der Waals surface area contributed by atoms with Crippen LogP contribution in [0.2, 0.25) is 5.02 Å². The summed E-state index contributed by atoms with van der Waals surface area (Å²) in [6, 6.07) is 17.2. The first-order chi connectivity index (χ1) is 14.2. The molecule has 0 spiro atoms. The molecule has 1 amide bonds. The lowest BCUT2D eigenvalue weighted by Gasteiger charge is -2.31. The van der Waals surface area contributed by atoms with Gasteiger partial charge < -0.3 is 10.2 Å². The minimum Gasteiger partial charge on any atom is -0.352 e. The van der Waals surface area contributed by atoms with Crippen molar-refractivity contribution < 1.29 is 4.79 Å². The molecule has 0 atom stereocenters. The maximum atomic E-state index is 12.2. The van der Waals surface area contributed by atoms with Crippen molar-refractivity contribution in [1.29, 1.82) is 0 Å². The molecule has 3 aromatic rings. The number of anilines is 1. The minimum atomic E-state index is 0.00370. The van der Waals surface area contributed by atoms with Crippen molar-refractivity contribution in [3.8, 4) is 0 Å². The molecule has 1 N–H and O–H groups in total. The number of benzene rings is 2. The van der Waals surface area contributed by atoms with E-state index in [4.69, 9.17) is 16.6 Å². The number of aromatic nitrogens is 2. The molecule has 1 fully saturated rings. The Kier molecular flexibility index (Phi) is 6.42. The molecule has 1 aromatic heterocycles. The number of amides is 1. The summed E-state index contributed by atoms with van der Waals surface area (Å²) in [6.07, 6.45) is 2.80. The average molecular weight is 427 g/mol. The van der Waals surface area contributed by atoms with E-state index in [1.807, 2.05) is 54.6 Å². The van der Waals surface area contributed by atoms with Gasteiger partial charge in [-0.3, -0.25) is 4.79 Å². The summed E-state index contributed by atoms with van der Waals surface area (Å²) in [5, 5.41) is 4.79. The second kappa shape index (κ2) is 9.37. The lowest BCUT2D eigenvalue weighted by Crippen LogP contribution is -2.38. The number of nitrogens with one attached hydrogen (secondary N) is 1. The van der Waals surface area contributed by atoms with E-state index in [0.717, 1.165) is 60.4 Å². The molecule has 0 saturated carbocycles. The molecule has 7 heteroatoms. The van der Waals surface area contributed by atoms with Gasteiger partial charge in [-0.05, 0) is 48.6 Å². The molecule has 29 heavy (non-hydrogen) atoms. The number of halogens is 1. The number of nitrogens with zero attached hydrogens (tertiary/aromatic N) is 3. The number of hydrogen-bond acceptors (Lipinski definition) is 5. The molecule has 150 valence electrons. The van der Waals surface area contributed by atoms with Crippen molar-refractivity contribution in [2.45, 2.75) is 19.3 Å². The van der Waals surface area contributed by atoms with Crippen LogP contribution in [0.4, 0.5) is 5.13 Å². The molecule has 4 rings (SSSR count). The Morgan fingerprint density at radius 3 is 2.55 bits per heavy atom. The van der Waals surface area contributed by atoms with Crippen LogP contribution in [0, 0.1) is 5.92 Å². The fourth-order valence-electron chi connectivity index (χ4n) is 3.49. The molecule has 2 aromatic carbocycles. The van der Waals surface area contributed by atoms with E-state index in [9.17, 15) is 4.79 Å². The largest absolute Gasteiger partial charge is 0.352 e. The maximum absolute atomic E-state index is 12.2. The van der Waals surface area contributed by atoms with E-state index in [1.54, 1.807) is 0 Å². The Morgan fingerprint density at radius 2 is 1.83 bits per heavy atom. The Morgan fingerprint density at radius 1 is 1.10 bits per heavy atom. The quantitative estimate of drug-likeness (QED) is 0.633. The minimum absolute atomic E-state index is 0.00370. The first-order valence-corrected chi connectivity index (χ1v) is 11.0. The first kappa shape index (κ1) is 19.9. The van der Waals surface area contributed by atoms with Gasteiger partial charge in [0.15, 0.2) is 0 Å². The van der Waals surface area contributed by atoms with E-state index in [0.29, 0.717) is 11.5 Å². The number of carbonyl (C=O) groups excluding carboxylic acids is 1. The Balaban J connectivity index is 1.25. The lowest BCUT2D eigenvalue weighted by atomic mass is 9.97. The smallest absolute Gasteiger partial charge is 0.251 e. The van der Waals surface area contributed by atoms with Crippen LogP contribution in [0.5, 0.6) is 0 Å². The van der Waals surface area contributed by atoms with Gasteiger partial charge in [-0.15, -0.1) is 0 Å². The van der Waals surface area contributed by atoms with E-state index in [2.05, 4.69) is 14.6 Å². The number of carbonyl (C=O) groups is 1. The Bertz CT molecular complexity index is 937. The summed E-state index contributed by atoms with van der Waals surface area (Å²) in [7, 11) is 0. The third kappa shape index (κ3) is 5.34. The van der Waals surface area contributed by atoms with Gasteiger partial charge in [0.1, 0.15) is 5.82 Å². The van der Waals surface area contributed by atoms with Gasteiger partial charge in [-0.1, -0.05) is 41.9 Å². The summed E-state index contributed by atoms with van der Waals surface area (Å²) in [5.74, 6) is 1.36. The van der Waals surface area contributed by atoms with Crippen LogP contribution in [0.15, 0.2) is 54.6 Å². The highest BCUT2D eigenvalue weighted by atomic mass is 35.5. The lowest BCUT2D eigenvalue weighted by molar-refractivity contribution is 0.0945. The zero-order valence-electron chi connectivity index (χ0n) is 16.1. The normalized spacial score (nSPS) is 14.7. The monoisotopic (exact) mass is 426 g/mol. The highest BCUT2D eigenvalue weighted by Gasteiger charge is 2.22. The van der Waals surface area contributed by atoms with Gasteiger partial charge in [0.2, 0.25) is 5.13 Å². The molecule has 0 bridgehead atoms. The van der Waals surface area contributed by atoms with Crippen molar-refractivity contribution in [2.75, 3.05) is 24.5 Å². The summed E-state index contributed by atoms with van der Waals surface area (Å²) in [6.45, 7) is 2.61. The molecule has 0 aliphatic carbocycles. The van der Waals surface area contributed by atoms with Gasteiger partial charge in [0.05, 0.1) is 0 Å². The number of piperidine rings is 1. The third-order valence-electron chi connectivity index (χ3n) is 5.21. The van der Waals surface area contributed by atoms with Crippen LogP contribution >= 0.6 is 23.1 Å². The fourth-order valence-corrected chi connectivity index (χ4v) is 4.35. The zero-order chi connectivity index (χ0) is 20.1. The highest BCUT2D eigenvalue weighted by molar-refractivity contribution is 7.09. The van der Waals surface area contributed by atoms with Crippen LogP contribution in [0.1, 0.15) is 34.6 Å².